The molecule has 2 saturated carbocycles. The molecule has 0 spiro atoms. The van der Waals surface area contributed by atoms with Crippen LogP contribution in [0.1, 0.15) is 18.9 Å². The van der Waals surface area contributed by atoms with Crippen molar-refractivity contribution in [1.29, 1.82) is 0 Å². The molecule has 4 aromatic rings. The number of nitrogens with two attached hydrogens (primary N) is 2. The van der Waals surface area contributed by atoms with Crippen LogP contribution in [0.2, 0.25) is 0 Å². The molecule has 0 radical (unpaired) electrons. The van der Waals surface area contributed by atoms with E-state index in [4.69, 9.17) is 16.2 Å². The topological polar surface area (TPSA) is 145 Å². The molecule has 5 atom stereocenters. The molecule has 0 unspecified atom stereocenters. The highest BCUT2D eigenvalue weighted by Gasteiger charge is 2.65. The van der Waals surface area contributed by atoms with Crippen LogP contribution in [0.3, 0.4) is 0 Å². The lowest BCUT2D eigenvalue weighted by molar-refractivity contribution is -0.0931. The van der Waals surface area contributed by atoms with Gasteiger partial charge in [0.2, 0.25) is 0 Å². The molecular formula is C23H23BrN6O3. The Balaban J connectivity index is 1.29. The van der Waals surface area contributed by atoms with Crippen LogP contribution in [0.25, 0.3) is 21.9 Å². The van der Waals surface area contributed by atoms with E-state index in [0.29, 0.717) is 29.6 Å². The Morgan fingerprint density at radius 1 is 1.15 bits per heavy atom. The molecule has 3 aromatic heterocycles. The van der Waals surface area contributed by atoms with Gasteiger partial charge in [-0.15, -0.1) is 0 Å². The van der Waals surface area contributed by atoms with Gasteiger partial charge in [0.05, 0.1) is 34.1 Å². The fourth-order valence-corrected chi connectivity index (χ4v) is 5.96. The van der Waals surface area contributed by atoms with Crippen molar-refractivity contribution in [3.05, 3.63) is 47.3 Å². The summed E-state index contributed by atoms with van der Waals surface area (Å²) in [6.07, 6.45) is 3.08. The van der Waals surface area contributed by atoms with Crippen LogP contribution < -0.4 is 16.2 Å². The van der Waals surface area contributed by atoms with E-state index in [-0.39, 0.29) is 12.0 Å². The van der Waals surface area contributed by atoms with Crippen LogP contribution in [0.4, 0.5) is 11.6 Å². The average Bonchev–Trinajstić information content (AvgIpc) is 3.27. The van der Waals surface area contributed by atoms with E-state index in [2.05, 4.69) is 30.9 Å². The molecule has 2 aliphatic carbocycles. The van der Waals surface area contributed by atoms with E-state index in [1.54, 1.807) is 0 Å². The van der Waals surface area contributed by atoms with E-state index < -0.39 is 17.6 Å². The maximum Gasteiger partial charge on any atom is 0.145 e. The molecule has 2 fully saturated rings. The fraction of sp³-hybridized carbons (Fsp3) is 0.348. The Hall–Kier alpha value is -2.95. The minimum atomic E-state index is -0.941. The summed E-state index contributed by atoms with van der Waals surface area (Å²) >= 11 is 3.40. The lowest BCUT2D eigenvalue weighted by atomic mass is 9.60. The van der Waals surface area contributed by atoms with Gasteiger partial charge in [0.15, 0.2) is 0 Å². The number of hydrogen-bond acceptors (Lipinski definition) is 8. The molecular weight excluding hydrogens is 488 g/mol. The molecule has 1 aromatic carbocycles. The number of hydrogen-bond donors (Lipinski definition) is 4. The van der Waals surface area contributed by atoms with Gasteiger partial charge in [0.1, 0.15) is 35.5 Å². The third-order valence-corrected chi connectivity index (χ3v) is 8.11. The molecule has 6 rings (SSSR count). The van der Waals surface area contributed by atoms with Crippen molar-refractivity contribution in [3.63, 3.8) is 0 Å². The molecule has 6 N–H and O–H groups in total. The molecule has 0 bridgehead atoms. The van der Waals surface area contributed by atoms with Crippen LogP contribution in [0.15, 0.2) is 47.3 Å². The third kappa shape index (κ3) is 2.94. The smallest absolute Gasteiger partial charge is 0.145 e. The second-order valence-electron chi connectivity index (χ2n) is 9.02. The Morgan fingerprint density at radius 2 is 2.00 bits per heavy atom. The minimum absolute atomic E-state index is 0.0412. The Kier molecular flexibility index (Phi) is 4.55. The largest absolute Gasteiger partial charge is 0.493 e. The van der Waals surface area contributed by atoms with Gasteiger partial charge in [0, 0.05) is 23.1 Å². The lowest BCUT2D eigenvalue weighted by Crippen LogP contribution is -2.50. The number of pyridine rings is 1. The van der Waals surface area contributed by atoms with Crippen LogP contribution in [0, 0.1) is 11.3 Å². The highest BCUT2D eigenvalue weighted by atomic mass is 79.9. The SMILES string of the molecule is Nc1nc2cc(OC[C@@]34CC[C@@H]3[C@@H](n3ccc5c(N)ncnc53)[C@H](O)[C@@H]4O)ccc2cc1Br. The lowest BCUT2D eigenvalue weighted by Gasteiger charge is -2.47. The maximum absolute atomic E-state index is 11.1. The van der Waals surface area contributed by atoms with Crippen molar-refractivity contribution in [2.24, 2.45) is 11.3 Å². The number of ether oxygens (including phenoxy) is 1. The zero-order chi connectivity index (χ0) is 22.9. The van der Waals surface area contributed by atoms with Gasteiger partial charge >= 0.3 is 0 Å². The number of benzene rings is 1. The number of aliphatic hydroxyl groups excluding tert-OH is 2. The summed E-state index contributed by atoms with van der Waals surface area (Å²) in [6, 6.07) is 9.10. The molecule has 170 valence electrons. The number of halogens is 1. The van der Waals surface area contributed by atoms with E-state index >= 15 is 0 Å². The van der Waals surface area contributed by atoms with Crippen molar-refractivity contribution in [2.75, 3.05) is 18.1 Å². The van der Waals surface area contributed by atoms with Crippen LogP contribution in [-0.4, -0.2) is 48.5 Å². The van der Waals surface area contributed by atoms with Gasteiger partial charge < -0.3 is 31.0 Å². The summed E-state index contributed by atoms with van der Waals surface area (Å²) in [5.41, 5.74) is 12.8. The number of fused-ring (bicyclic) bond motifs is 3. The summed E-state index contributed by atoms with van der Waals surface area (Å²) in [5.74, 6) is 1.50. The number of nitrogens with zero attached hydrogens (tertiary/aromatic N) is 4. The quantitative estimate of drug-likeness (QED) is 0.327. The Labute approximate surface area is 197 Å². The van der Waals surface area contributed by atoms with E-state index in [1.165, 1.54) is 6.33 Å². The molecule has 9 nitrogen and oxygen atoms in total. The summed E-state index contributed by atoms with van der Waals surface area (Å²) in [7, 11) is 0. The maximum atomic E-state index is 11.1. The first-order valence-corrected chi connectivity index (χ1v) is 11.6. The van der Waals surface area contributed by atoms with Crippen molar-refractivity contribution in [2.45, 2.75) is 31.1 Å². The van der Waals surface area contributed by atoms with Gasteiger partial charge in [-0.25, -0.2) is 15.0 Å². The number of aromatic nitrogens is 4. The summed E-state index contributed by atoms with van der Waals surface area (Å²) < 4.78 is 8.84. The zero-order valence-electron chi connectivity index (χ0n) is 17.6. The van der Waals surface area contributed by atoms with E-state index in [0.717, 1.165) is 33.6 Å². The Morgan fingerprint density at radius 3 is 2.79 bits per heavy atom. The van der Waals surface area contributed by atoms with E-state index in [1.807, 2.05) is 41.1 Å². The van der Waals surface area contributed by atoms with Crippen molar-refractivity contribution in [3.8, 4) is 5.75 Å². The number of rotatable bonds is 4. The molecule has 2 aliphatic rings. The van der Waals surface area contributed by atoms with Crippen LogP contribution in [-0.2, 0) is 0 Å². The molecule has 33 heavy (non-hydrogen) atoms. The highest BCUT2D eigenvalue weighted by molar-refractivity contribution is 9.10. The molecule has 10 heteroatoms. The van der Waals surface area contributed by atoms with Crippen molar-refractivity contribution >= 4 is 49.5 Å². The number of nitrogen functional groups attached to an aromatic ring is 2. The normalized spacial score (nSPS) is 28.7. The van der Waals surface area contributed by atoms with Gasteiger partial charge in [-0.2, -0.15) is 0 Å². The van der Waals surface area contributed by atoms with Gasteiger partial charge in [0.25, 0.3) is 0 Å². The van der Waals surface area contributed by atoms with Crippen molar-refractivity contribution in [1.82, 2.24) is 19.5 Å². The van der Waals surface area contributed by atoms with Crippen LogP contribution in [0.5, 0.6) is 5.75 Å². The first kappa shape index (κ1) is 20.6. The first-order chi connectivity index (χ1) is 15.9. The van der Waals surface area contributed by atoms with Crippen molar-refractivity contribution < 1.29 is 14.9 Å². The molecule has 0 saturated heterocycles. The first-order valence-electron chi connectivity index (χ1n) is 10.8. The number of anilines is 2. The Bertz CT molecular complexity index is 1390. The molecule has 3 heterocycles. The predicted molar refractivity (Wildman–Crippen MR) is 127 cm³/mol. The number of aliphatic hydroxyl groups is 2. The molecule has 0 aliphatic heterocycles. The predicted octanol–water partition coefficient (Wildman–Crippen LogP) is 2.66. The van der Waals surface area contributed by atoms with Gasteiger partial charge in [-0.05, 0) is 59.0 Å². The standard InChI is InChI=1S/C23H23BrN6O3/c24-15-7-11-1-2-12(8-16(11)29-21(15)26)33-9-23-5-3-14(23)17(18(31)19(23)32)30-6-4-13-20(25)27-10-28-22(13)30/h1-2,4,6-8,10,14,17-19,31-32H,3,5,9H2,(H2,26,29)(H2,25,27,28)/t14-,17-,18+,19+,23+/m1/s1. The average molecular weight is 511 g/mol. The van der Waals surface area contributed by atoms with E-state index in [9.17, 15) is 10.2 Å². The fourth-order valence-electron chi connectivity index (χ4n) is 5.62. The second kappa shape index (κ2) is 7.28. The monoisotopic (exact) mass is 510 g/mol. The zero-order valence-corrected chi connectivity index (χ0v) is 19.2. The highest BCUT2D eigenvalue weighted by Crippen LogP contribution is 2.62. The summed E-state index contributed by atoms with van der Waals surface area (Å²) in [6.45, 7) is 0.292. The summed E-state index contributed by atoms with van der Waals surface area (Å²) in [4.78, 5) is 12.8. The minimum Gasteiger partial charge on any atom is -0.493 e. The van der Waals surface area contributed by atoms with Gasteiger partial charge in [-0.3, -0.25) is 0 Å². The summed E-state index contributed by atoms with van der Waals surface area (Å²) in [5, 5.41) is 23.9. The third-order valence-electron chi connectivity index (χ3n) is 7.47. The van der Waals surface area contributed by atoms with Crippen LogP contribution >= 0.6 is 15.9 Å². The second-order valence-corrected chi connectivity index (χ2v) is 9.88. The van der Waals surface area contributed by atoms with Gasteiger partial charge in [-0.1, -0.05) is 0 Å². The molecule has 0 amide bonds.